The second-order valence-electron chi connectivity index (χ2n) is 14.2. The second-order valence-corrected chi connectivity index (χ2v) is 16.1. The molecule has 0 aliphatic carbocycles. The van der Waals surface area contributed by atoms with Gasteiger partial charge in [0.15, 0.2) is 0 Å². The highest BCUT2D eigenvalue weighted by molar-refractivity contribution is 7.88. The lowest BCUT2D eigenvalue weighted by atomic mass is 10.1. The Morgan fingerprint density at radius 2 is 1.03 bits per heavy atom. The van der Waals surface area contributed by atoms with Gasteiger partial charge in [-0.15, -0.1) is 0 Å². The van der Waals surface area contributed by atoms with Gasteiger partial charge >= 0.3 is 15.6 Å². The molecule has 2 fully saturated rings. The molecule has 60 heavy (non-hydrogen) atoms. The van der Waals surface area contributed by atoms with Gasteiger partial charge in [-0.05, 0) is 92.1 Å². The molecular formula is C45H43ClF3N7O3S. The van der Waals surface area contributed by atoms with Gasteiger partial charge in [-0.25, -0.2) is 9.97 Å². The summed E-state index contributed by atoms with van der Waals surface area (Å²) in [6.07, 6.45) is 6.71. The molecule has 0 saturated carbocycles. The van der Waals surface area contributed by atoms with Crippen molar-refractivity contribution in [3.8, 4) is 28.4 Å². The van der Waals surface area contributed by atoms with Crippen molar-refractivity contribution in [2.45, 2.75) is 32.2 Å². The largest absolute Gasteiger partial charge is 0.534 e. The van der Waals surface area contributed by atoms with E-state index in [0.29, 0.717) is 10.7 Å². The molecule has 7 aromatic rings. The number of alkyl halides is 3. The summed E-state index contributed by atoms with van der Waals surface area (Å²) in [5.41, 5.74) is 1.94. The summed E-state index contributed by atoms with van der Waals surface area (Å²) >= 11 is 6.37. The molecule has 2 aliphatic heterocycles. The SMILES string of the molecule is C.Clc1nc(-c2ccc(N3CCN(c4ccccc4)CC3)cc2)cc2ncccc12.O=S(=O)(Oc1nc(-c2ccc(N3CCCCC3)cc2)cc2ncccc12)C(F)(F)F. The Bertz CT molecular complexity index is 2660. The Morgan fingerprint density at radius 3 is 1.57 bits per heavy atom. The first-order chi connectivity index (χ1) is 28.5. The zero-order valence-electron chi connectivity index (χ0n) is 31.8. The number of benzene rings is 3. The Morgan fingerprint density at radius 1 is 0.567 bits per heavy atom. The van der Waals surface area contributed by atoms with Gasteiger partial charge in [0.05, 0.1) is 27.8 Å². The van der Waals surface area contributed by atoms with E-state index < -0.39 is 21.5 Å². The lowest BCUT2D eigenvalue weighted by molar-refractivity contribution is -0.0500. The molecule has 6 heterocycles. The Hall–Kier alpha value is -5.99. The van der Waals surface area contributed by atoms with Crippen LogP contribution in [-0.2, 0) is 10.1 Å². The summed E-state index contributed by atoms with van der Waals surface area (Å²) in [5.74, 6) is -0.659. The topological polar surface area (TPSA) is 105 Å². The molecule has 0 spiro atoms. The van der Waals surface area contributed by atoms with Crippen LogP contribution in [0.5, 0.6) is 5.88 Å². The maximum atomic E-state index is 12.8. The van der Waals surface area contributed by atoms with Gasteiger partial charge in [0, 0.05) is 85.2 Å². The van der Waals surface area contributed by atoms with Crippen LogP contribution in [0.4, 0.5) is 30.2 Å². The summed E-state index contributed by atoms with van der Waals surface area (Å²) in [7, 11) is -5.86. The quantitative estimate of drug-likeness (QED) is 0.0874. The van der Waals surface area contributed by atoms with Crippen LogP contribution in [0.3, 0.4) is 0 Å². The van der Waals surface area contributed by atoms with E-state index in [-0.39, 0.29) is 24.0 Å². The first-order valence-electron chi connectivity index (χ1n) is 19.2. The van der Waals surface area contributed by atoms with Crippen molar-refractivity contribution in [3.05, 3.63) is 133 Å². The van der Waals surface area contributed by atoms with E-state index in [2.05, 4.69) is 93.4 Å². The summed E-state index contributed by atoms with van der Waals surface area (Å²) in [6, 6.07) is 36.9. The number of para-hydroxylation sites is 1. The molecule has 0 unspecified atom stereocenters. The van der Waals surface area contributed by atoms with E-state index in [9.17, 15) is 21.6 Å². The molecule has 10 nitrogen and oxygen atoms in total. The van der Waals surface area contributed by atoms with Crippen LogP contribution < -0.4 is 18.9 Å². The van der Waals surface area contributed by atoms with Crippen molar-refractivity contribution in [3.63, 3.8) is 0 Å². The number of rotatable bonds is 7. The molecule has 0 N–H and O–H groups in total. The minimum absolute atomic E-state index is 0. The standard InChI is InChI=1S/C24H21ClN4.C20H18F3N3O3S.CH4/c25-24-21-7-4-12-26-23(21)17-22(27-24)18-8-10-20(11-9-18)29-15-13-28(14-16-29)19-5-2-1-3-6-19;21-20(22,23)30(27,28)29-19-16-5-4-10-24-18(16)13-17(25-19)14-6-8-15(9-7-14)26-11-2-1-3-12-26;/h1-12,17H,13-16H2;4-10,13H,1-3,11-12H2;1H4. The van der Waals surface area contributed by atoms with E-state index in [1.165, 1.54) is 36.1 Å². The summed E-state index contributed by atoms with van der Waals surface area (Å²) < 4.78 is 65.8. The van der Waals surface area contributed by atoms with Crippen LogP contribution in [0.2, 0.25) is 5.15 Å². The molecule has 15 heteroatoms. The molecule has 0 amide bonds. The Labute approximate surface area is 352 Å². The van der Waals surface area contributed by atoms with Gasteiger partial charge in [-0.3, -0.25) is 9.97 Å². The maximum Gasteiger partial charge on any atom is 0.534 e. The van der Waals surface area contributed by atoms with Gasteiger partial charge < -0.3 is 18.9 Å². The first kappa shape index (κ1) is 42.1. The molecule has 3 aromatic carbocycles. The fourth-order valence-corrected chi connectivity index (χ4v) is 7.97. The predicted molar refractivity (Wildman–Crippen MR) is 234 cm³/mol. The van der Waals surface area contributed by atoms with Crippen LogP contribution in [0.1, 0.15) is 26.7 Å². The van der Waals surface area contributed by atoms with Crippen molar-refractivity contribution in [1.29, 1.82) is 0 Å². The number of fused-ring (bicyclic) bond motifs is 2. The fourth-order valence-electron chi connectivity index (χ4n) is 7.29. The summed E-state index contributed by atoms with van der Waals surface area (Å²) in [4.78, 5) is 24.3. The molecule has 0 bridgehead atoms. The minimum Gasteiger partial charge on any atom is -0.372 e. The van der Waals surface area contributed by atoms with E-state index in [4.69, 9.17) is 11.6 Å². The lowest BCUT2D eigenvalue weighted by Gasteiger charge is -2.37. The number of aromatic nitrogens is 4. The van der Waals surface area contributed by atoms with Gasteiger partial charge in [0.2, 0.25) is 5.88 Å². The first-order valence-corrected chi connectivity index (χ1v) is 21.0. The number of hydrogen-bond acceptors (Lipinski definition) is 10. The maximum absolute atomic E-state index is 12.8. The second kappa shape index (κ2) is 18.1. The van der Waals surface area contributed by atoms with Crippen LogP contribution in [0.25, 0.3) is 44.3 Å². The number of anilines is 3. The normalized spacial score (nSPS) is 14.6. The van der Waals surface area contributed by atoms with E-state index in [0.717, 1.165) is 80.0 Å². The van der Waals surface area contributed by atoms with E-state index >= 15 is 0 Å². The number of pyridine rings is 4. The molecule has 4 aromatic heterocycles. The third kappa shape index (κ3) is 9.40. The van der Waals surface area contributed by atoms with Crippen molar-refractivity contribution in [1.82, 2.24) is 19.9 Å². The third-order valence-electron chi connectivity index (χ3n) is 10.4. The van der Waals surface area contributed by atoms with Crippen molar-refractivity contribution < 1.29 is 25.8 Å². The zero-order chi connectivity index (χ0) is 41.0. The average Bonchev–Trinajstić information content (AvgIpc) is 3.27. The molecule has 2 saturated heterocycles. The fraction of sp³-hybridized carbons (Fsp3) is 0.244. The van der Waals surface area contributed by atoms with Crippen LogP contribution >= 0.6 is 11.6 Å². The number of piperazine rings is 1. The van der Waals surface area contributed by atoms with E-state index in [1.54, 1.807) is 24.4 Å². The zero-order valence-corrected chi connectivity index (χ0v) is 33.3. The van der Waals surface area contributed by atoms with Crippen LogP contribution in [0.15, 0.2) is 128 Å². The van der Waals surface area contributed by atoms with Crippen molar-refractivity contribution >= 4 is 60.6 Å². The molecule has 2 aliphatic rings. The highest BCUT2D eigenvalue weighted by Gasteiger charge is 2.49. The van der Waals surface area contributed by atoms with Gasteiger partial charge in [-0.2, -0.15) is 21.6 Å². The van der Waals surface area contributed by atoms with Gasteiger partial charge in [-0.1, -0.05) is 61.5 Å². The highest BCUT2D eigenvalue weighted by atomic mass is 35.5. The van der Waals surface area contributed by atoms with Crippen molar-refractivity contribution in [2.75, 3.05) is 54.0 Å². The number of hydrogen-bond donors (Lipinski definition) is 0. The van der Waals surface area contributed by atoms with E-state index in [1.807, 2.05) is 30.3 Å². The molecule has 310 valence electrons. The number of halogens is 4. The smallest absolute Gasteiger partial charge is 0.372 e. The van der Waals surface area contributed by atoms with Crippen LogP contribution in [0, 0.1) is 0 Å². The summed E-state index contributed by atoms with van der Waals surface area (Å²) in [5, 5.41) is 1.44. The molecule has 0 atom stereocenters. The number of nitrogens with zero attached hydrogens (tertiary/aromatic N) is 7. The molecule has 9 rings (SSSR count). The molecule has 0 radical (unpaired) electrons. The highest BCUT2D eigenvalue weighted by Crippen LogP contribution is 2.34. The summed E-state index contributed by atoms with van der Waals surface area (Å²) in [6.45, 7) is 6.03. The van der Waals surface area contributed by atoms with Gasteiger partial charge in [0.25, 0.3) is 0 Å². The Kier molecular flexibility index (Phi) is 12.7. The average molecular weight is 854 g/mol. The van der Waals surface area contributed by atoms with Gasteiger partial charge in [0.1, 0.15) is 5.15 Å². The lowest BCUT2D eigenvalue weighted by Crippen LogP contribution is -2.46. The Balaban J connectivity index is 0.000000179. The predicted octanol–water partition coefficient (Wildman–Crippen LogP) is 10.4. The number of piperidine rings is 1. The van der Waals surface area contributed by atoms with Crippen LogP contribution in [-0.4, -0.2) is 73.1 Å². The van der Waals surface area contributed by atoms with Crippen molar-refractivity contribution in [2.24, 2.45) is 0 Å². The molecular weight excluding hydrogens is 811 g/mol. The minimum atomic E-state index is -5.86. The monoisotopic (exact) mass is 853 g/mol. The third-order valence-corrected chi connectivity index (χ3v) is 11.6.